The summed E-state index contributed by atoms with van der Waals surface area (Å²) >= 11 is 1.70. The first kappa shape index (κ1) is 7.38. The Morgan fingerprint density at radius 3 is 2.67 bits per heavy atom. The number of aliphatic hydroxyl groups excluding tert-OH is 1. The van der Waals surface area contributed by atoms with Crippen molar-refractivity contribution in [1.82, 2.24) is 0 Å². The highest BCUT2D eigenvalue weighted by atomic mass is 32.2. The van der Waals surface area contributed by atoms with Gasteiger partial charge < -0.3 is 10.2 Å². The van der Waals surface area contributed by atoms with Crippen LogP contribution in [-0.4, -0.2) is 33.9 Å². The number of hydrogen-bond donors (Lipinski definition) is 2. The minimum atomic E-state index is -0.787. The van der Waals surface area contributed by atoms with Gasteiger partial charge in [0.15, 0.2) is 0 Å². The molecule has 54 valence electrons. The summed E-state index contributed by atoms with van der Waals surface area (Å²) in [5, 5.41) is 18.2. The molecule has 0 aliphatic carbocycles. The van der Waals surface area contributed by atoms with E-state index in [1.165, 1.54) is 0 Å². The van der Waals surface area contributed by atoms with Crippen molar-refractivity contribution in [3.63, 3.8) is 0 Å². The van der Waals surface area contributed by atoms with Crippen LogP contribution in [0.5, 0.6) is 0 Å². The third-order valence-electron chi connectivity index (χ3n) is 1.91. The zero-order valence-electron chi connectivity index (χ0n) is 5.50. The molecule has 0 aromatic rings. The Balaban J connectivity index is 2.56. The number of thioether (sulfide) groups is 1. The van der Waals surface area contributed by atoms with E-state index in [1.807, 2.05) is 6.92 Å². The van der Waals surface area contributed by atoms with Crippen LogP contribution in [0.15, 0.2) is 0 Å². The van der Waals surface area contributed by atoms with Gasteiger partial charge in [-0.25, -0.2) is 0 Å². The van der Waals surface area contributed by atoms with Gasteiger partial charge in [-0.1, -0.05) is 6.92 Å². The van der Waals surface area contributed by atoms with Gasteiger partial charge in [0, 0.05) is 5.75 Å². The maximum Gasteiger partial charge on any atom is 0.1000 e. The first-order valence-corrected chi connectivity index (χ1v) is 4.25. The lowest BCUT2D eigenvalue weighted by atomic mass is 9.94. The highest BCUT2D eigenvalue weighted by Crippen LogP contribution is 2.32. The first-order chi connectivity index (χ1) is 4.19. The van der Waals surface area contributed by atoms with Crippen molar-refractivity contribution in [2.24, 2.45) is 5.92 Å². The van der Waals surface area contributed by atoms with Crippen LogP contribution >= 0.6 is 11.8 Å². The maximum absolute atomic E-state index is 9.50. The van der Waals surface area contributed by atoms with Crippen LogP contribution in [0.2, 0.25) is 0 Å². The van der Waals surface area contributed by atoms with Crippen molar-refractivity contribution in [3.8, 4) is 0 Å². The van der Waals surface area contributed by atoms with Crippen molar-refractivity contribution in [1.29, 1.82) is 0 Å². The zero-order chi connectivity index (χ0) is 6.91. The summed E-state index contributed by atoms with van der Waals surface area (Å²) in [6.07, 6.45) is 0. The van der Waals surface area contributed by atoms with Crippen LogP contribution in [0.4, 0.5) is 0 Å². The summed E-state index contributed by atoms with van der Waals surface area (Å²) in [7, 11) is 0. The topological polar surface area (TPSA) is 40.5 Å². The SMILES string of the molecule is CC1CSCC1(O)CO. The third-order valence-corrected chi connectivity index (χ3v) is 3.35. The Morgan fingerprint density at radius 2 is 2.44 bits per heavy atom. The van der Waals surface area contributed by atoms with Gasteiger partial charge in [-0.2, -0.15) is 11.8 Å². The fraction of sp³-hybridized carbons (Fsp3) is 1.00. The molecule has 2 N–H and O–H groups in total. The standard InChI is InChI=1S/C6H12O2S/c1-5-2-9-4-6(5,8)3-7/h5,7-8H,2-4H2,1H3. The quantitative estimate of drug-likeness (QED) is 0.554. The highest BCUT2D eigenvalue weighted by Gasteiger charge is 2.37. The van der Waals surface area contributed by atoms with Gasteiger partial charge >= 0.3 is 0 Å². The van der Waals surface area contributed by atoms with Crippen molar-refractivity contribution < 1.29 is 10.2 Å². The van der Waals surface area contributed by atoms with Crippen LogP contribution in [0.1, 0.15) is 6.92 Å². The second kappa shape index (κ2) is 2.48. The Labute approximate surface area is 59.3 Å². The Bertz CT molecular complexity index is 107. The number of aliphatic hydroxyl groups is 2. The van der Waals surface area contributed by atoms with Gasteiger partial charge in [0.2, 0.25) is 0 Å². The van der Waals surface area contributed by atoms with Gasteiger partial charge in [-0.15, -0.1) is 0 Å². The molecular weight excluding hydrogens is 136 g/mol. The predicted molar refractivity (Wildman–Crippen MR) is 38.5 cm³/mol. The summed E-state index contributed by atoms with van der Waals surface area (Å²) in [6, 6.07) is 0. The summed E-state index contributed by atoms with van der Waals surface area (Å²) < 4.78 is 0. The maximum atomic E-state index is 9.50. The van der Waals surface area contributed by atoms with Crippen molar-refractivity contribution >= 4 is 11.8 Å². The molecule has 1 saturated heterocycles. The molecule has 9 heavy (non-hydrogen) atoms. The van der Waals surface area contributed by atoms with Crippen LogP contribution in [0.25, 0.3) is 0 Å². The van der Waals surface area contributed by atoms with E-state index >= 15 is 0 Å². The van der Waals surface area contributed by atoms with Gasteiger partial charge in [0.1, 0.15) is 0 Å². The van der Waals surface area contributed by atoms with Crippen molar-refractivity contribution in [2.75, 3.05) is 18.1 Å². The third kappa shape index (κ3) is 1.23. The van der Waals surface area contributed by atoms with Crippen molar-refractivity contribution in [2.45, 2.75) is 12.5 Å². The molecule has 0 saturated carbocycles. The molecule has 3 heteroatoms. The smallest absolute Gasteiger partial charge is 0.1000 e. The largest absolute Gasteiger partial charge is 0.393 e. The lowest BCUT2D eigenvalue weighted by Crippen LogP contribution is -2.39. The van der Waals surface area contributed by atoms with E-state index in [0.717, 1.165) is 5.75 Å². The molecule has 2 unspecified atom stereocenters. The van der Waals surface area contributed by atoms with Gasteiger partial charge in [0.25, 0.3) is 0 Å². The predicted octanol–water partition coefficient (Wildman–Crippen LogP) is 0.0927. The molecule has 0 aromatic carbocycles. The minimum absolute atomic E-state index is 0.0961. The summed E-state index contributed by atoms with van der Waals surface area (Å²) in [5.74, 6) is 1.90. The summed E-state index contributed by atoms with van der Waals surface area (Å²) in [4.78, 5) is 0. The Kier molecular flexibility index (Phi) is 2.03. The molecule has 2 atom stereocenters. The Hall–Kier alpha value is 0.270. The lowest BCUT2D eigenvalue weighted by molar-refractivity contribution is -0.0236. The molecule has 0 aromatic heterocycles. The van der Waals surface area contributed by atoms with E-state index in [4.69, 9.17) is 5.11 Å². The summed E-state index contributed by atoms with van der Waals surface area (Å²) in [6.45, 7) is 1.87. The number of rotatable bonds is 1. The lowest BCUT2D eigenvalue weighted by Gasteiger charge is -2.23. The molecule has 1 aliphatic heterocycles. The van der Waals surface area contributed by atoms with E-state index < -0.39 is 5.60 Å². The molecule has 0 radical (unpaired) electrons. The average Bonchev–Trinajstić information content (AvgIpc) is 2.15. The normalized spacial score (nSPS) is 43.7. The van der Waals surface area contributed by atoms with Gasteiger partial charge in [-0.05, 0) is 11.7 Å². The van der Waals surface area contributed by atoms with Crippen LogP contribution in [-0.2, 0) is 0 Å². The second-order valence-electron chi connectivity index (χ2n) is 2.68. The molecule has 1 fully saturated rings. The van der Waals surface area contributed by atoms with Crippen LogP contribution in [0, 0.1) is 5.92 Å². The van der Waals surface area contributed by atoms with Gasteiger partial charge in [-0.3, -0.25) is 0 Å². The van der Waals surface area contributed by atoms with E-state index in [1.54, 1.807) is 11.8 Å². The molecule has 2 nitrogen and oxygen atoms in total. The molecule has 0 amide bonds. The van der Waals surface area contributed by atoms with Crippen LogP contribution < -0.4 is 0 Å². The van der Waals surface area contributed by atoms with Crippen LogP contribution in [0.3, 0.4) is 0 Å². The zero-order valence-corrected chi connectivity index (χ0v) is 6.32. The fourth-order valence-corrected chi connectivity index (χ4v) is 2.42. The fourth-order valence-electron chi connectivity index (χ4n) is 0.911. The molecule has 1 heterocycles. The summed E-state index contributed by atoms with van der Waals surface area (Å²) in [5.41, 5.74) is -0.787. The average molecular weight is 148 g/mol. The highest BCUT2D eigenvalue weighted by molar-refractivity contribution is 7.99. The molecule has 1 aliphatic rings. The van der Waals surface area contributed by atoms with E-state index in [2.05, 4.69) is 0 Å². The van der Waals surface area contributed by atoms with E-state index in [-0.39, 0.29) is 12.5 Å². The molecule has 0 bridgehead atoms. The first-order valence-electron chi connectivity index (χ1n) is 3.10. The molecule has 1 rings (SSSR count). The molecule has 0 spiro atoms. The van der Waals surface area contributed by atoms with Gasteiger partial charge in [0.05, 0.1) is 12.2 Å². The minimum Gasteiger partial charge on any atom is -0.393 e. The van der Waals surface area contributed by atoms with Crippen molar-refractivity contribution in [3.05, 3.63) is 0 Å². The molecular formula is C6H12O2S. The van der Waals surface area contributed by atoms with E-state index in [9.17, 15) is 5.11 Å². The number of hydrogen-bond acceptors (Lipinski definition) is 3. The monoisotopic (exact) mass is 148 g/mol. The second-order valence-corrected chi connectivity index (χ2v) is 3.71. The Morgan fingerprint density at radius 1 is 1.78 bits per heavy atom. The van der Waals surface area contributed by atoms with E-state index in [0.29, 0.717) is 5.75 Å².